The number of aromatic nitrogens is 5. The molecule has 0 saturated carbocycles. The van der Waals surface area contributed by atoms with Gasteiger partial charge in [-0.1, -0.05) is 24.3 Å². The number of rotatable bonds is 7. The number of Topliss-reactive ketones (excluding diaryl/α,β-unsaturated/α-hetero) is 1. The number of fused-ring (bicyclic) bond motifs is 1. The summed E-state index contributed by atoms with van der Waals surface area (Å²) < 4.78 is 25.9. The summed E-state index contributed by atoms with van der Waals surface area (Å²) in [4.78, 5) is 30.8. The Morgan fingerprint density at radius 2 is 1.87 bits per heavy atom. The summed E-state index contributed by atoms with van der Waals surface area (Å²) in [5, 5.41) is 6.98. The van der Waals surface area contributed by atoms with Crippen LogP contribution in [0.25, 0.3) is 21.8 Å². The first-order valence-corrected chi connectivity index (χ1v) is 13.0. The third kappa shape index (κ3) is 4.34. The van der Waals surface area contributed by atoms with Gasteiger partial charge in [-0.15, -0.1) is 11.3 Å². The third-order valence-electron chi connectivity index (χ3n) is 6.59. The van der Waals surface area contributed by atoms with Gasteiger partial charge >= 0.3 is 0 Å². The molecule has 4 heterocycles. The fourth-order valence-electron chi connectivity index (χ4n) is 4.65. The van der Waals surface area contributed by atoms with Crippen LogP contribution in [0.3, 0.4) is 0 Å². The SMILES string of the molecule is Cc1c(C(=O)Cc2ccc(Oc3ccnn4ccc(-c5nccs5)c34)c(F)c2)c(=O)n(-c2ccccc2)n1C. The molecule has 8 nitrogen and oxygen atoms in total. The monoisotopic (exact) mass is 539 g/mol. The highest BCUT2D eigenvalue weighted by atomic mass is 32.1. The first-order chi connectivity index (χ1) is 18.9. The van der Waals surface area contributed by atoms with E-state index in [1.165, 1.54) is 28.2 Å². The van der Waals surface area contributed by atoms with Gasteiger partial charge in [0.1, 0.15) is 16.1 Å². The molecule has 6 aromatic rings. The van der Waals surface area contributed by atoms with Crippen molar-refractivity contribution in [2.45, 2.75) is 13.3 Å². The molecule has 0 bridgehead atoms. The summed E-state index contributed by atoms with van der Waals surface area (Å²) in [5.41, 5.74) is 2.81. The minimum atomic E-state index is -0.621. The van der Waals surface area contributed by atoms with E-state index in [1.54, 1.807) is 66.0 Å². The maximum atomic E-state index is 15.2. The number of thiazole rings is 1. The number of halogens is 1. The molecule has 0 N–H and O–H groups in total. The fourth-order valence-corrected chi connectivity index (χ4v) is 5.31. The lowest BCUT2D eigenvalue weighted by Gasteiger charge is -2.10. The molecule has 0 saturated heterocycles. The van der Waals surface area contributed by atoms with Gasteiger partial charge in [-0.25, -0.2) is 18.6 Å². The Bertz CT molecular complexity index is 1890. The van der Waals surface area contributed by atoms with Gasteiger partial charge in [-0.05, 0) is 42.8 Å². The van der Waals surface area contributed by atoms with Crippen molar-refractivity contribution in [3.05, 3.63) is 118 Å². The maximum absolute atomic E-state index is 15.2. The van der Waals surface area contributed by atoms with Gasteiger partial charge in [0.2, 0.25) is 0 Å². The number of nitrogens with zero attached hydrogens (tertiary/aromatic N) is 5. The minimum Gasteiger partial charge on any atom is -0.452 e. The Kier molecular flexibility index (Phi) is 6.16. The smallest absolute Gasteiger partial charge is 0.282 e. The number of hydrogen-bond acceptors (Lipinski definition) is 6. The zero-order chi connectivity index (χ0) is 27.1. The van der Waals surface area contributed by atoms with Crippen LogP contribution in [-0.2, 0) is 13.5 Å². The van der Waals surface area contributed by atoms with E-state index in [4.69, 9.17) is 4.74 Å². The zero-order valence-corrected chi connectivity index (χ0v) is 21.9. The number of hydrogen-bond donors (Lipinski definition) is 0. The standard InChI is InChI=1S/C29H22FN5O3S/c1-18-26(29(37)35(33(18)2)20-6-4-3-5-7-20)23(36)17-19-8-9-24(22(30)16-19)38-25-10-12-32-34-14-11-21(27(25)34)28-31-13-15-39-28/h3-16H,17H2,1-2H3. The third-order valence-corrected chi connectivity index (χ3v) is 7.40. The highest BCUT2D eigenvalue weighted by Crippen LogP contribution is 2.35. The fraction of sp³-hybridized carbons (Fsp3) is 0.103. The lowest BCUT2D eigenvalue weighted by Crippen LogP contribution is -2.23. The summed E-state index contributed by atoms with van der Waals surface area (Å²) in [6.45, 7) is 1.72. The van der Waals surface area contributed by atoms with Crippen molar-refractivity contribution in [2.75, 3.05) is 0 Å². The lowest BCUT2D eigenvalue weighted by molar-refractivity contribution is 0.0991. The molecule has 194 valence electrons. The molecule has 6 rings (SSSR count). The zero-order valence-electron chi connectivity index (χ0n) is 21.0. The second-order valence-corrected chi connectivity index (χ2v) is 9.85. The van der Waals surface area contributed by atoms with E-state index >= 15 is 4.39 Å². The van der Waals surface area contributed by atoms with Gasteiger partial charge in [0.15, 0.2) is 23.1 Å². The van der Waals surface area contributed by atoms with Crippen LogP contribution in [0.5, 0.6) is 11.5 Å². The predicted octanol–water partition coefficient (Wildman–Crippen LogP) is 5.61. The number of benzene rings is 2. The number of carbonyl (C=O) groups excluding carboxylic acids is 1. The number of para-hydroxylation sites is 1. The van der Waals surface area contributed by atoms with Crippen LogP contribution in [0.2, 0.25) is 0 Å². The number of ketones is 1. The molecule has 0 amide bonds. The molecule has 0 aliphatic rings. The molecule has 4 aromatic heterocycles. The van der Waals surface area contributed by atoms with Gasteiger partial charge in [0.05, 0.1) is 11.9 Å². The molecule has 0 aliphatic carbocycles. The molecule has 0 unspecified atom stereocenters. The second-order valence-electron chi connectivity index (χ2n) is 8.96. The van der Waals surface area contributed by atoms with Crippen LogP contribution in [0.15, 0.2) is 89.4 Å². The summed E-state index contributed by atoms with van der Waals surface area (Å²) >= 11 is 1.48. The van der Waals surface area contributed by atoms with E-state index in [1.807, 2.05) is 29.6 Å². The van der Waals surface area contributed by atoms with E-state index in [-0.39, 0.29) is 23.5 Å². The molecule has 2 aromatic carbocycles. The van der Waals surface area contributed by atoms with Crippen molar-refractivity contribution in [3.63, 3.8) is 0 Å². The average Bonchev–Trinajstić information content (AvgIpc) is 3.65. The van der Waals surface area contributed by atoms with Crippen LogP contribution in [0.1, 0.15) is 21.6 Å². The maximum Gasteiger partial charge on any atom is 0.282 e. The Hall–Kier alpha value is -4.83. The molecular formula is C29H22FN5O3S. The van der Waals surface area contributed by atoms with E-state index < -0.39 is 11.4 Å². The Balaban J connectivity index is 1.27. The lowest BCUT2D eigenvalue weighted by atomic mass is 10.0. The van der Waals surface area contributed by atoms with E-state index in [0.29, 0.717) is 28.2 Å². The predicted molar refractivity (Wildman–Crippen MR) is 147 cm³/mol. The van der Waals surface area contributed by atoms with Gasteiger partial charge < -0.3 is 4.74 Å². The van der Waals surface area contributed by atoms with Crippen LogP contribution in [0, 0.1) is 12.7 Å². The van der Waals surface area contributed by atoms with Crippen molar-refractivity contribution in [1.82, 2.24) is 24.0 Å². The summed E-state index contributed by atoms with van der Waals surface area (Å²) in [6, 6.07) is 17.0. The number of carbonyl (C=O) groups is 1. The van der Waals surface area contributed by atoms with E-state index in [0.717, 1.165) is 10.6 Å². The second kappa shape index (κ2) is 9.80. The highest BCUT2D eigenvalue weighted by Gasteiger charge is 2.23. The topological polar surface area (TPSA) is 83.4 Å². The summed E-state index contributed by atoms with van der Waals surface area (Å²) in [7, 11) is 1.73. The van der Waals surface area contributed by atoms with Crippen molar-refractivity contribution >= 4 is 22.6 Å². The Labute approximate surface area is 226 Å². The largest absolute Gasteiger partial charge is 0.452 e. The van der Waals surface area contributed by atoms with Crippen molar-refractivity contribution in [3.8, 4) is 27.8 Å². The van der Waals surface area contributed by atoms with Crippen LogP contribution >= 0.6 is 11.3 Å². The quantitative estimate of drug-likeness (QED) is 0.246. The van der Waals surface area contributed by atoms with Gasteiger partial charge in [-0.2, -0.15) is 5.10 Å². The van der Waals surface area contributed by atoms with Gasteiger partial charge in [0.25, 0.3) is 5.56 Å². The van der Waals surface area contributed by atoms with Crippen molar-refractivity contribution < 1.29 is 13.9 Å². The van der Waals surface area contributed by atoms with Gasteiger partial charge in [0, 0.05) is 48.6 Å². The molecule has 0 aliphatic heterocycles. The van der Waals surface area contributed by atoms with Crippen LogP contribution < -0.4 is 10.3 Å². The average molecular weight is 540 g/mol. The Morgan fingerprint density at radius 1 is 1.05 bits per heavy atom. The molecule has 0 atom stereocenters. The number of ether oxygens (including phenoxy) is 1. The molecule has 39 heavy (non-hydrogen) atoms. The Morgan fingerprint density at radius 3 is 2.62 bits per heavy atom. The summed E-state index contributed by atoms with van der Waals surface area (Å²) in [6.07, 6.45) is 4.96. The van der Waals surface area contributed by atoms with Gasteiger partial charge in [-0.3, -0.25) is 14.3 Å². The normalized spacial score (nSPS) is 11.3. The summed E-state index contributed by atoms with van der Waals surface area (Å²) in [5.74, 6) is -0.575. The van der Waals surface area contributed by atoms with E-state index in [2.05, 4.69) is 10.1 Å². The minimum absolute atomic E-state index is 0.00733. The van der Waals surface area contributed by atoms with Crippen molar-refractivity contribution in [2.24, 2.45) is 7.05 Å². The van der Waals surface area contributed by atoms with Crippen LogP contribution in [-0.4, -0.2) is 29.7 Å². The van der Waals surface area contributed by atoms with Crippen molar-refractivity contribution in [1.29, 1.82) is 0 Å². The molecule has 0 radical (unpaired) electrons. The first kappa shape index (κ1) is 24.5. The molecule has 0 spiro atoms. The highest BCUT2D eigenvalue weighted by molar-refractivity contribution is 7.13. The van der Waals surface area contributed by atoms with Crippen LogP contribution in [0.4, 0.5) is 4.39 Å². The first-order valence-electron chi connectivity index (χ1n) is 12.1. The van der Waals surface area contributed by atoms with E-state index in [9.17, 15) is 9.59 Å². The molecular weight excluding hydrogens is 517 g/mol. The molecule has 10 heteroatoms. The molecule has 0 fully saturated rings.